The van der Waals surface area contributed by atoms with Crippen LogP contribution in [0.25, 0.3) is 0 Å². The molecule has 104 valence electrons. The van der Waals surface area contributed by atoms with Crippen molar-refractivity contribution >= 4 is 5.97 Å². The second-order valence-corrected chi connectivity index (χ2v) is 5.68. The molecule has 0 bridgehead atoms. The van der Waals surface area contributed by atoms with E-state index >= 15 is 0 Å². The molecule has 2 rings (SSSR count). The molecule has 0 aromatic heterocycles. The van der Waals surface area contributed by atoms with Gasteiger partial charge in [0.25, 0.3) is 0 Å². The van der Waals surface area contributed by atoms with Crippen LogP contribution in [0.5, 0.6) is 0 Å². The molecule has 19 heavy (non-hydrogen) atoms. The smallest absolute Gasteiger partial charge is 0.320 e. The maximum Gasteiger partial charge on any atom is 0.320 e. The summed E-state index contributed by atoms with van der Waals surface area (Å²) < 4.78 is 0. The fraction of sp³-hybridized carbons (Fsp3) is 0.562. The van der Waals surface area contributed by atoms with Crippen LogP contribution in [0, 0.1) is 0 Å². The summed E-state index contributed by atoms with van der Waals surface area (Å²) in [5, 5.41) is 9.14. The Morgan fingerprint density at radius 3 is 2.63 bits per heavy atom. The Hall–Kier alpha value is -1.35. The van der Waals surface area contributed by atoms with Crippen molar-refractivity contribution in [1.82, 2.24) is 4.90 Å². The first-order valence-electron chi connectivity index (χ1n) is 7.13. The lowest BCUT2D eigenvalue weighted by molar-refractivity contribution is -0.142. The van der Waals surface area contributed by atoms with E-state index in [1.54, 1.807) is 0 Å². The van der Waals surface area contributed by atoms with Crippen LogP contribution >= 0.6 is 0 Å². The molecule has 0 amide bonds. The highest BCUT2D eigenvalue weighted by molar-refractivity contribution is 5.73. The second kappa shape index (κ2) is 6.20. The number of carbonyl (C=O) groups is 1. The van der Waals surface area contributed by atoms with E-state index in [1.807, 2.05) is 0 Å². The first-order chi connectivity index (χ1) is 9.08. The predicted octanol–water partition coefficient (Wildman–Crippen LogP) is 2.90. The van der Waals surface area contributed by atoms with Crippen LogP contribution in [0.1, 0.15) is 43.7 Å². The Balaban J connectivity index is 1.90. The van der Waals surface area contributed by atoms with Crippen LogP contribution in [0.3, 0.4) is 0 Å². The van der Waals surface area contributed by atoms with Crippen molar-refractivity contribution in [3.8, 4) is 0 Å². The van der Waals surface area contributed by atoms with Gasteiger partial charge in [0, 0.05) is 6.54 Å². The number of hydrogen-bond donors (Lipinski definition) is 1. The van der Waals surface area contributed by atoms with Crippen LogP contribution in [-0.4, -0.2) is 35.1 Å². The van der Waals surface area contributed by atoms with Gasteiger partial charge in [0.15, 0.2) is 0 Å². The number of hydrogen-bond acceptors (Lipinski definition) is 2. The first-order valence-corrected chi connectivity index (χ1v) is 7.13. The van der Waals surface area contributed by atoms with Crippen molar-refractivity contribution in [2.45, 2.75) is 45.1 Å². The molecule has 1 aliphatic rings. The van der Waals surface area contributed by atoms with Gasteiger partial charge < -0.3 is 5.11 Å². The topological polar surface area (TPSA) is 40.5 Å². The third-order valence-electron chi connectivity index (χ3n) is 3.98. The summed E-state index contributed by atoms with van der Waals surface area (Å²) in [4.78, 5) is 13.2. The molecule has 1 aromatic rings. The SMILES string of the molecule is CC(C)c1ccc(CCN2CCC[C@H]2C(=O)O)cc1. The van der Waals surface area contributed by atoms with E-state index in [2.05, 4.69) is 43.0 Å². The Labute approximate surface area is 115 Å². The van der Waals surface area contributed by atoms with Gasteiger partial charge in [-0.25, -0.2) is 0 Å². The standard InChI is InChI=1S/C16H23NO2/c1-12(2)14-7-5-13(6-8-14)9-11-17-10-3-4-15(17)16(18)19/h5-8,12,15H,3-4,9-11H2,1-2H3,(H,18,19)/t15-/m0/s1. The molecule has 1 heterocycles. The zero-order chi connectivity index (χ0) is 13.8. The third kappa shape index (κ3) is 3.57. The molecule has 0 unspecified atom stereocenters. The molecule has 3 nitrogen and oxygen atoms in total. The van der Waals surface area contributed by atoms with Gasteiger partial charge in [-0.1, -0.05) is 38.1 Å². The summed E-state index contributed by atoms with van der Waals surface area (Å²) in [6.45, 7) is 6.15. The Bertz CT molecular complexity index is 425. The largest absolute Gasteiger partial charge is 0.480 e. The number of carboxylic acid groups (broad SMARTS) is 1. The Kier molecular flexibility index (Phi) is 4.59. The lowest BCUT2D eigenvalue weighted by atomic mass is 10.0. The summed E-state index contributed by atoms with van der Waals surface area (Å²) in [6, 6.07) is 8.43. The predicted molar refractivity (Wildman–Crippen MR) is 76.5 cm³/mol. The number of rotatable bonds is 5. The summed E-state index contributed by atoms with van der Waals surface area (Å²) in [6.07, 6.45) is 2.73. The van der Waals surface area contributed by atoms with Crippen molar-refractivity contribution in [3.05, 3.63) is 35.4 Å². The van der Waals surface area contributed by atoms with Crippen molar-refractivity contribution in [3.63, 3.8) is 0 Å². The molecule has 3 heteroatoms. The van der Waals surface area contributed by atoms with Crippen molar-refractivity contribution in [1.29, 1.82) is 0 Å². The van der Waals surface area contributed by atoms with Gasteiger partial charge in [-0.2, -0.15) is 0 Å². The number of nitrogens with zero attached hydrogens (tertiary/aromatic N) is 1. The number of aliphatic carboxylic acids is 1. The maximum absolute atomic E-state index is 11.1. The van der Waals surface area contributed by atoms with E-state index < -0.39 is 5.97 Å². The van der Waals surface area contributed by atoms with Crippen LogP contribution < -0.4 is 0 Å². The Morgan fingerprint density at radius 2 is 2.05 bits per heavy atom. The van der Waals surface area contributed by atoms with Gasteiger partial charge in [0.1, 0.15) is 6.04 Å². The summed E-state index contributed by atoms with van der Waals surface area (Å²) >= 11 is 0. The highest BCUT2D eigenvalue weighted by Gasteiger charge is 2.29. The van der Waals surface area contributed by atoms with Crippen LogP contribution in [0.4, 0.5) is 0 Å². The van der Waals surface area contributed by atoms with Crippen molar-refractivity contribution in [2.24, 2.45) is 0 Å². The molecule has 1 aliphatic heterocycles. The second-order valence-electron chi connectivity index (χ2n) is 5.68. The van der Waals surface area contributed by atoms with Gasteiger partial charge >= 0.3 is 5.97 Å². The van der Waals surface area contributed by atoms with E-state index in [4.69, 9.17) is 5.11 Å². The van der Waals surface area contributed by atoms with Crippen molar-refractivity contribution in [2.75, 3.05) is 13.1 Å². The minimum Gasteiger partial charge on any atom is -0.480 e. The van der Waals surface area contributed by atoms with E-state index in [0.29, 0.717) is 5.92 Å². The van der Waals surface area contributed by atoms with Gasteiger partial charge in [0.2, 0.25) is 0 Å². The number of likely N-dealkylation sites (tertiary alicyclic amines) is 1. The van der Waals surface area contributed by atoms with Crippen LogP contribution in [-0.2, 0) is 11.2 Å². The average molecular weight is 261 g/mol. The van der Waals surface area contributed by atoms with E-state index in [-0.39, 0.29) is 6.04 Å². The quantitative estimate of drug-likeness (QED) is 0.886. The molecule has 1 aromatic carbocycles. The molecule has 1 fully saturated rings. The first kappa shape index (κ1) is 14.1. The molecule has 1 saturated heterocycles. The lowest BCUT2D eigenvalue weighted by Gasteiger charge is -2.20. The minimum atomic E-state index is -0.673. The van der Waals surface area contributed by atoms with Gasteiger partial charge in [-0.15, -0.1) is 0 Å². The zero-order valence-corrected chi connectivity index (χ0v) is 11.8. The summed E-state index contributed by atoms with van der Waals surface area (Å²) in [7, 11) is 0. The highest BCUT2D eigenvalue weighted by Crippen LogP contribution is 2.19. The molecule has 0 spiro atoms. The Morgan fingerprint density at radius 1 is 1.37 bits per heavy atom. The van der Waals surface area contributed by atoms with E-state index in [0.717, 1.165) is 32.4 Å². The normalized spacial score (nSPS) is 20.1. The van der Waals surface area contributed by atoms with Gasteiger partial charge in [-0.3, -0.25) is 9.69 Å². The lowest BCUT2D eigenvalue weighted by Crippen LogP contribution is -2.37. The summed E-state index contributed by atoms with van der Waals surface area (Å²) in [5.74, 6) is -0.114. The molecule has 1 N–H and O–H groups in total. The van der Waals surface area contributed by atoms with Gasteiger partial charge in [-0.05, 0) is 42.9 Å². The molecule has 0 aliphatic carbocycles. The third-order valence-corrected chi connectivity index (χ3v) is 3.98. The molecular weight excluding hydrogens is 238 g/mol. The molecule has 1 atom stereocenters. The highest BCUT2D eigenvalue weighted by atomic mass is 16.4. The molecular formula is C16H23NO2. The van der Waals surface area contributed by atoms with Gasteiger partial charge in [0.05, 0.1) is 0 Å². The molecule has 0 saturated carbocycles. The van der Waals surface area contributed by atoms with E-state index in [1.165, 1.54) is 11.1 Å². The molecule has 0 radical (unpaired) electrons. The zero-order valence-electron chi connectivity index (χ0n) is 11.8. The fourth-order valence-electron chi connectivity index (χ4n) is 2.72. The maximum atomic E-state index is 11.1. The minimum absolute atomic E-state index is 0.269. The number of benzene rings is 1. The van der Waals surface area contributed by atoms with Crippen LogP contribution in [0.2, 0.25) is 0 Å². The monoisotopic (exact) mass is 261 g/mol. The van der Waals surface area contributed by atoms with Crippen molar-refractivity contribution < 1.29 is 9.90 Å². The average Bonchev–Trinajstić information content (AvgIpc) is 2.85. The van der Waals surface area contributed by atoms with Crippen LogP contribution in [0.15, 0.2) is 24.3 Å². The van der Waals surface area contributed by atoms with E-state index in [9.17, 15) is 4.79 Å². The summed E-state index contributed by atoms with van der Waals surface area (Å²) in [5.41, 5.74) is 2.65. The fourth-order valence-corrected chi connectivity index (χ4v) is 2.72. The number of carboxylic acids is 1.